The van der Waals surface area contributed by atoms with Gasteiger partial charge in [0.2, 0.25) is 5.91 Å². The number of carbonyl (C=O) groups excluding carboxylic acids is 1. The third kappa shape index (κ3) is 3.99. The van der Waals surface area contributed by atoms with Crippen molar-refractivity contribution in [3.8, 4) is 5.75 Å². The predicted molar refractivity (Wildman–Crippen MR) is 99.1 cm³/mol. The minimum atomic E-state index is 0.192. The maximum Gasteiger partial charge on any atom is 0.227 e. The highest BCUT2D eigenvalue weighted by Crippen LogP contribution is 2.33. The Morgan fingerprint density at radius 2 is 2.04 bits per heavy atom. The topological polar surface area (TPSA) is 29.5 Å². The quantitative estimate of drug-likeness (QED) is 0.740. The average Bonchev–Trinajstić information content (AvgIpc) is 3.07. The van der Waals surface area contributed by atoms with E-state index in [1.54, 1.807) is 0 Å². The Labute approximate surface area is 151 Å². The third-order valence-corrected chi connectivity index (χ3v) is 4.89. The van der Waals surface area contributed by atoms with Gasteiger partial charge in [0.15, 0.2) is 0 Å². The summed E-state index contributed by atoms with van der Waals surface area (Å²) in [7, 11) is 0. The molecular weight excluding hydrogens is 366 g/mol. The van der Waals surface area contributed by atoms with E-state index < -0.39 is 0 Å². The molecule has 2 aromatic rings. The lowest BCUT2D eigenvalue weighted by Gasteiger charge is -2.25. The predicted octanol–water partition coefficient (Wildman–Crippen LogP) is 4.75. The van der Waals surface area contributed by atoms with E-state index >= 15 is 0 Å². The second kappa shape index (κ2) is 7.84. The summed E-state index contributed by atoms with van der Waals surface area (Å²) < 4.78 is 6.51. The van der Waals surface area contributed by atoms with Crippen LogP contribution in [-0.2, 0) is 11.2 Å². The molecule has 2 aromatic carbocycles. The zero-order valence-corrected chi connectivity index (χ0v) is 15.5. The molecule has 1 saturated heterocycles. The van der Waals surface area contributed by atoms with Gasteiger partial charge in [-0.15, -0.1) is 0 Å². The molecule has 0 spiro atoms. The van der Waals surface area contributed by atoms with Crippen LogP contribution in [0.3, 0.4) is 0 Å². The van der Waals surface area contributed by atoms with Crippen LogP contribution in [0.1, 0.15) is 36.9 Å². The zero-order valence-electron chi connectivity index (χ0n) is 13.9. The van der Waals surface area contributed by atoms with E-state index in [0.717, 1.165) is 35.2 Å². The maximum atomic E-state index is 12.8. The monoisotopic (exact) mass is 387 g/mol. The third-order valence-electron chi connectivity index (χ3n) is 4.40. The van der Waals surface area contributed by atoms with Gasteiger partial charge in [0.1, 0.15) is 5.75 Å². The van der Waals surface area contributed by atoms with Gasteiger partial charge in [0, 0.05) is 11.0 Å². The van der Waals surface area contributed by atoms with Crippen LogP contribution in [0.15, 0.2) is 53.0 Å². The van der Waals surface area contributed by atoms with Gasteiger partial charge >= 0.3 is 0 Å². The minimum Gasteiger partial charge on any atom is -0.494 e. The highest BCUT2D eigenvalue weighted by molar-refractivity contribution is 9.10. The summed E-state index contributed by atoms with van der Waals surface area (Å²) in [4.78, 5) is 14.8. The molecule has 1 fully saturated rings. The first kappa shape index (κ1) is 17.0. The summed E-state index contributed by atoms with van der Waals surface area (Å²) >= 11 is 3.52. The summed E-state index contributed by atoms with van der Waals surface area (Å²) in [6.07, 6.45) is 2.54. The van der Waals surface area contributed by atoms with Crippen molar-refractivity contribution in [2.24, 2.45) is 0 Å². The molecule has 0 N–H and O–H groups in total. The van der Waals surface area contributed by atoms with Crippen LogP contribution in [0.5, 0.6) is 5.75 Å². The van der Waals surface area contributed by atoms with Crippen LogP contribution in [0.2, 0.25) is 0 Å². The number of likely N-dealkylation sites (tertiary alicyclic amines) is 1. The number of benzene rings is 2. The lowest BCUT2D eigenvalue weighted by Crippen LogP contribution is -2.31. The van der Waals surface area contributed by atoms with E-state index in [4.69, 9.17) is 4.74 Å². The fraction of sp³-hybridized carbons (Fsp3) is 0.350. The average molecular weight is 388 g/mol. The van der Waals surface area contributed by atoms with Gasteiger partial charge in [-0.25, -0.2) is 0 Å². The van der Waals surface area contributed by atoms with Crippen molar-refractivity contribution in [1.29, 1.82) is 0 Å². The van der Waals surface area contributed by atoms with Gasteiger partial charge < -0.3 is 9.64 Å². The number of ether oxygens (including phenoxy) is 1. The first-order valence-corrected chi connectivity index (χ1v) is 9.23. The molecule has 0 aliphatic carbocycles. The Kier molecular flexibility index (Phi) is 5.56. The zero-order chi connectivity index (χ0) is 16.9. The van der Waals surface area contributed by atoms with Crippen molar-refractivity contribution in [2.45, 2.75) is 32.2 Å². The molecule has 0 bridgehead atoms. The Balaban J connectivity index is 1.69. The minimum absolute atomic E-state index is 0.192. The molecule has 1 aliphatic heterocycles. The molecule has 1 amide bonds. The second-order valence-corrected chi connectivity index (χ2v) is 6.97. The van der Waals surface area contributed by atoms with Gasteiger partial charge in [-0.1, -0.05) is 40.2 Å². The van der Waals surface area contributed by atoms with Crippen LogP contribution in [0.4, 0.5) is 0 Å². The van der Waals surface area contributed by atoms with Crippen molar-refractivity contribution in [2.75, 3.05) is 13.2 Å². The van der Waals surface area contributed by atoms with Gasteiger partial charge in [-0.3, -0.25) is 4.79 Å². The standard InChI is InChI=1S/C20H22BrNO2/c1-2-24-18-10-8-15(9-11-18)13-20(23)22-12-4-7-19(22)16-5-3-6-17(21)14-16/h3,5-6,8-11,14,19H,2,4,7,12-13H2,1H3. The molecule has 1 atom stereocenters. The number of carbonyl (C=O) groups is 1. The number of nitrogens with zero attached hydrogens (tertiary/aromatic N) is 1. The van der Waals surface area contributed by atoms with Crippen LogP contribution in [-0.4, -0.2) is 24.0 Å². The fourth-order valence-corrected chi connectivity index (χ4v) is 3.69. The van der Waals surface area contributed by atoms with Crippen LogP contribution >= 0.6 is 15.9 Å². The van der Waals surface area contributed by atoms with Crippen molar-refractivity contribution in [3.63, 3.8) is 0 Å². The Bertz CT molecular complexity index is 699. The smallest absolute Gasteiger partial charge is 0.227 e. The van der Waals surface area contributed by atoms with E-state index in [1.165, 1.54) is 5.56 Å². The lowest BCUT2D eigenvalue weighted by atomic mass is 10.0. The largest absolute Gasteiger partial charge is 0.494 e. The maximum absolute atomic E-state index is 12.8. The summed E-state index contributed by atoms with van der Waals surface area (Å²) in [5.74, 6) is 1.04. The first-order valence-electron chi connectivity index (χ1n) is 8.44. The van der Waals surface area contributed by atoms with Gasteiger partial charge in [-0.2, -0.15) is 0 Å². The van der Waals surface area contributed by atoms with Gasteiger partial charge in [0.05, 0.1) is 19.1 Å². The van der Waals surface area contributed by atoms with E-state index in [0.29, 0.717) is 13.0 Å². The Morgan fingerprint density at radius 3 is 2.75 bits per heavy atom. The molecule has 1 unspecified atom stereocenters. The second-order valence-electron chi connectivity index (χ2n) is 6.05. The highest BCUT2D eigenvalue weighted by Gasteiger charge is 2.29. The van der Waals surface area contributed by atoms with Crippen molar-refractivity contribution in [3.05, 3.63) is 64.1 Å². The molecule has 24 heavy (non-hydrogen) atoms. The van der Waals surface area contributed by atoms with Crippen LogP contribution in [0, 0.1) is 0 Å². The summed E-state index contributed by atoms with van der Waals surface area (Å²) in [5.41, 5.74) is 2.24. The summed E-state index contributed by atoms with van der Waals surface area (Å²) in [5, 5.41) is 0. The molecule has 0 radical (unpaired) electrons. The van der Waals surface area contributed by atoms with Crippen LogP contribution < -0.4 is 4.74 Å². The van der Waals surface area contributed by atoms with Gasteiger partial charge in [-0.05, 0) is 55.2 Å². The van der Waals surface area contributed by atoms with E-state index in [9.17, 15) is 4.79 Å². The first-order chi connectivity index (χ1) is 11.7. The van der Waals surface area contributed by atoms with Crippen LogP contribution in [0.25, 0.3) is 0 Å². The molecule has 126 valence electrons. The number of hydrogen-bond acceptors (Lipinski definition) is 2. The molecule has 1 aliphatic rings. The number of hydrogen-bond donors (Lipinski definition) is 0. The van der Waals surface area contributed by atoms with Crippen molar-refractivity contribution >= 4 is 21.8 Å². The molecule has 0 aromatic heterocycles. The van der Waals surface area contributed by atoms with E-state index in [2.05, 4.69) is 28.1 Å². The highest BCUT2D eigenvalue weighted by atomic mass is 79.9. The van der Waals surface area contributed by atoms with E-state index in [1.807, 2.05) is 48.2 Å². The summed E-state index contributed by atoms with van der Waals surface area (Å²) in [6, 6.07) is 16.3. The molecule has 3 nitrogen and oxygen atoms in total. The normalized spacial score (nSPS) is 17.1. The van der Waals surface area contributed by atoms with Crippen molar-refractivity contribution in [1.82, 2.24) is 4.90 Å². The van der Waals surface area contributed by atoms with E-state index in [-0.39, 0.29) is 11.9 Å². The molecule has 3 rings (SSSR count). The number of rotatable bonds is 5. The SMILES string of the molecule is CCOc1ccc(CC(=O)N2CCCC2c2cccc(Br)c2)cc1. The van der Waals surface area contributed by atoms with Crippen molar-refractivity contribution < 1.29 is 9.53 Å². The molecule has 1 heterocycles. The lowest BCUT2D eigenvalue weighted by molar-refractivity contribution is -0.131. The molecular formula is C20H22BrNO2. The Morgan fingerprint density at radius 1 is 1.25 bits per heavy atom. The summed E-state index contributed by atoms with van der Waals surface area (Å²) in [6.45, 7) is 3.46. The molecule has 4 heteroatoms. The number of amides is 1. The fourth-order valence-electron chi connectivity index (χ4n) is 3.27. The van der Waals surface area contributed by atoms with Gasteiger partial charge in [0.25, 0.3) is 0 Å². The molecule has 0 saturated carbocycles. The number of halogens is 1. The Hall–Kier alpha value is -1.81.